The zero-order valence-corrected chi connectivity index (χ0v) is 14.1. The van der Waals surface area contributed by atoms with E-state index in [1.165, 1.54) is 57.8 Å². The van der Waals surface area contributed by atoms with Gasteiger partial charge in [0.2, 0.25) is 0 Å². The van der Waals surface area contributed by atoms with Crippen LogP contribution in [0.25, 0.3) is 0 Å². The van der Waals surface area contributed by atoms with Crippen LogP contribution in [0.2, 0.25) is 0 Å². The largest absolute Gasteiger partial charge is 0.386 e. The van der Waals surface area contributed by atoms with Crippen LogP contribution >= 0.6 is 0 Å². The molecule has 0 bridgehead atoms. The maximum atomic E-state index is 3.97. The molecule has 0 atom stereocenters. The average Bonchev–Trinajstić information content (AvgIpc) is 2.42. The fourth-order valence-corrected chi connectivity index (χ4v) is 4.25. The van der Waals surface area contributed by atoms with E-state index in [1.54, 1.807) is 0 Å². The summed E-state index contributed by atoms with van der Waals surface area (Å²) in [5.74, 6) is 1.95. The first-order valence-electron chi connectivity index (χ1n) is 8.87. The Morgan fingerprint density at radius 3 is 1.33 bits per heavy atom. The van der Waals surface area contributed by atoms with Gasteiger partial charge in [-0.1, -0.05) is 13.2 Å². The Morgan fingerprint density at radius 1 is 0.714 bits per heavy atom. The summed E-state index contributed by atoms with van der Waals surface area (Å²) in [7, 11) is 0. The van der Waals surface area contributed by atoms with Crippen LogP contribution in [0.3, 0.4) is 0 Å². The maximum absolute atomic E-state index is 3.97. The van der Waals surface area contributed by atoms with E-state index in [4.69, 9.17) is 0 Å². The third-order valence-electron chi connectivity index (χ3n) is 5.26. The van der Waals surface area contributed by atoms with Crippen LogP contribution in [-0.2, 0) is 0 Å². The highest BCUT2D eigenvalue weighted by molar-refractivity contribution is 4.92. The summed E-state index contributed by atoms with van der Waals surface area (Å²) in [4.78, 5) is 0. The summed E-state index contributed by atoms with van der Waals surface area (Å²) in [5.41, 5.74) is 2.25. The molecule has 2 nitrogen and oxygen atoms in total. The van der Waals surface area contributed by atoms with Crippen molar-refractivity contribution in [1.82, 2.24) is 10.6 Å². The maximum Gasteiger partial charge on any atom is 0.0258 e. The van der Waals surface area contributed by atoms with Crippen molar-refractivity contribution < 1.29 is 0 Å². The number of rotatable bonds is 6. The van der Waals surface area contributed by atoms with Crippen molar-refractivity contribution in [3.63, 3.8) is 0 Å². The topological polar surface area (TPSA) is 24.1 Å². The molecule has 0 unspecified atom stereocenters. The zero-order valence-electron chi connectivity index (χ0n) is 14.1. The fraction of sp³-hybridized carbons (Fsp3) is 0.789. The van der Waals surface area contributed by atoms with Gasteiger partial charge in [0.15, 0.2) is 0 Å². The summed E-state index contributed by atoms with van der Waals surface area (Å²) in [6, 6.07) is 1.38. The second-order valence-corrected chi connectivity index (χ2v) is 7.52. The van der Waals surface area contributed by atoms with Gasteiger partial charge in [-0.05, 0) is 83.5 Å². The van der Waals surface area contributed by atoms with Crippen molar-refractivity contribution in [1.29, 1.82) is 0 Å². The average molecular weight is 290 g/mol. The van der Waals surface area contributed by atoms with Gasteiger partial charge in [0.25, 0.3) is 0 Å². The van der Waals surface area contributed by atoms with E-state index >= 15 is 0 Å². The predicted octanol–water partition coefficient (Wildman–Crippen LogP) is 4.74. The van der Waals surface area contributed by atoms with Crippen LogP contribution < -0.4 is 10.6 Å². The molecule has 0 aromatic heterocycles. The van der Waals surface area contributed by atoms with Gasteiger partial charge in [-0.2, -0.15) is 0 Å². The molecular weight excluding hydrogens is 256 g/mol. The second kappa shape index (κ2) is 7.91. The number of hydrogen-bond acceptors (Lipinski definition) is 2. The van der Waals surface area contributed by atoms with Crippen LogP contribution in [0, 0.1) is 11.8 Å². The monoisotopic (exact) mass is 290 g/mol. The molecule has 0 aromatic rings. The molecule has 0 radical (unpaired) electrons. The Labute approximate surface area is 131 Å². The summed E-state index contributed by atoms with van der Waals surface area (Å²) >= 11 is 0. The van der Waals surface area contributed by atoms with Crippen molar-refractivity contribution >= 4 is 0 Å². The first-order valence-corrected chi connectivity index (χ1v) is 8.87. The lowest BCUT2D eigenvalue weighted by Crippen LogP contribution is -2.34. The molecular formula is C19H34N2. The van der Waals surface area contributed by atoms with Crippen LogP contribution in [0.5, 0.6) is 0 Å². The minimum Gasteiger partial charge on any atom is -0.386 e. The van der Waals surface area contributed by atoms with Crippen molar-refractivity contribution in [2.45, 2.75) is 83.7 Å². The van der Waals surface area contributed by atoms with Crippen LogP contribution in [-0.4, -0.2) is 12.1 Å². The number of nitrogens with one attached hydrogen (secondary N) is 2. The van der Waals surface area contributed by atoms with Gasteiger partial charge < -0.3 is 10.6 Å². The summed E-state index contributed by atoms with van der Waals surface area (Å²) in [5, 5.41) is 7.04. The Bertz CT molecular complexity index is 311. The predicted molar refractivity (Wildman–Crippen MR) is 92.0 cm³/mol. The summed E-state index contributed by atoms with van der Waals surface area (Å²) < 4.78 is 0. The van der Waals surface area contributed by atoms with E-state index in [0.29, 0.717) is 12.1 Å². The van der Waals surface area contributed by atoms with E-state index in [1.807, 2.05) is 0 Å². The molecule has 120 valence electrons. The Hall–Kier alpha value is -0.920. The Morgan fingerprint density at radius 2 is 1.05 bits per heavy atom. The van der Waals surface area contributed by atoms with Gasteiger partial charge in [-0.25, -0.2) is 0 Å². The molecule has 2 rings (SSSR count). The van der Waals surface area contributed by atoms with Gasteiger partial charge in [0.1, 0.15) is 0 Å². The van der Waals surface area contributed by atoms with E-state index in [-0.39, 0.29) is 0 Å². The first kappa shape index (κ1) is 16.5. The lowest BCUT2D eigenvalue weighted by Gasteiger charge is -2.35. The molecule has 0 heterocycles. The van der Waals surface area contributed by atoms with Crippen LogP contribution in [0.1, 0.15) is 71.6 Å². The van der Waals surface area contributed by atoms with Crippen molar-refractivity contribution in [3.8, 4) is 0 Å². The minimum atomic E-state index is 0.689. The van der Waals surface area contributed by atoms with Gasteiger partial charge >= 0.3 is 0 Å². The molecule has 2 aliphatic carbocycles. The second-order valence-electron chi connectivity index (χ2n) is 7.52. The SMILES string of the molecule is C=C(C)NC1CCC(CC2CCC(NC(=C)C)CC2)CC1. The van der Waals surface area contributed by atoms with Gasteiger partial charge in [-0.3, -0.25) is 0 Å². The van der Waals surface area contributed by atoms with Gasteiger partial charge in [-0.15, -0.1) is 0 Å². The van der Waals surface area contributed by atoms with E-state index in [0.717, 1.165) is 23.2 Å². The molecule has 2 N–H and O–H groups in total. The lowest BCUT2D eigenvalue weighted by atomic mass is 9.75. The normalized spacial score (nSPS) is 33.2. The van der Waals surface area contributed by atoms with E-state index in [9.17, 15) is 0 Å². The van der Waals surface area contributed by atoms with Gasteiger partial charge in [0, 0.05) is 23.5 Å². The highest BCUT2D eigenvalue weighted by Gasteiger charge is 2.26. The molecule has 21 heavy (non-hydrogen) atoms. The summed E-state index contributed by atoms with van der Waals surface area (Å²) in [6.45, 7) is 12.1. The van der Waals surface area contributed by atoms with E-state index in [2.05, 4.69) is 37.6 Å². The van der Waals surface area contributed by atoms with Gasteiger partial charge in [0.05, 0.1) is 0 Å². The van der Waals surface area contributed by atoms with E-state index < -0.39 is 0 Å². The molecule has 0 aromatic carbocycles. The lowest BCUT2D eigenvalue weighted by molar-refractivity contribution is 0.212. The highest BCUT2D eigenvalue weighted by atomic mass is 14.9. The number of hydrogen-bond donors (Lipinski definition) is 2. The molecule has 0 amide bonds. The highest BCUT2D eigenvalue weighted by Crippen LogP contribution is 2.35. The number of allylic oxidation sites excluding steroid dienone is 2. The standard InChI is InChI=1S/C19H34N2/c1-14(2)20-18-9-5-16(6-10-18)13-17-7-11-19(12-8-17)21-15(3)4/h16-21H,1,3,5-13H2,2,4H3. The van der Waals surface area contributed by atoms with Crippen LogP contribution in [0.4, 0.5) is 0 Å². The molecule has 0 saturated heterocycles. The third kappa shape index (κ3) is 5.76. The van der Waals surface area contributed by atoms with Crippen molar-refractivity contribution in [3.05, 3.63) is 24.6 Å². The fourth-order valence-electron chi connectivity index (χ4n) is 4.25. The van der Waals surface area contributed by atoms with Crippen molar-refractivity contribution in [2.75, 3.05) is 0 Å². The molecule has 2 heteroatoms. The summed E-state index contributed by atoms with van der Waals surface area (Å²) in [6.07, 6.45) is 12.5. The zero-order chi connectivity index (χ0) is 15.2. The first-order chi connectivity index (χ1) is 10.0. The molecule has 0 spiro atoms. The smallest absolute Gasteiger partial charge is 0.0258 e. The van der Waals surface area contributed by atoms with Crippen molar-refractivity contribution in [2.24, 2.45) is 11.8 Å². The molecule has 2 fully saturated rings. The molecule has 0 aliphatic heterocycles. The molecule has 2 aliphatic rings. The Kier molecular flexibility index (Phi) is 6.20. The Balaban J connectivity index is 1.64. The third-order valence-corrected chi connectivity index (χ3v) is 5.26. The minimum absolute atomic E-state index is 0.689. The van der Waals surface area contributed by atoms with Crippen LogP contribution in [0.15, 0.2) is 24.6 Å². The molecule has 2 saturated carbocycles. The quantitative estimate of drug-likeness (QED) is 0.738.